The predicted molar refractivity (Wildman–Crippen MR) is 119 cm³/mol. The normalized spacial score (nSPS) is 15.7. The molecular formula is C22H21N3O3S2. The topological polar surface area (TPSA) is 62.2 Å². The van der Waals surface area contributed by atoms with Crippen LogP contribution in [0.1, 0.15) is 32.6 Å². The summed E-state index contributed by atoms with van der Waals surface area (Å²) in [5.74, 6) is 0.381. The van der Waals surface area contributed by atoms with Gasteiger partial charge < -0.3 is 9.64 Å². The van der Waals surface area contributed by atoms with Crippen LogP contribution in [-0.4, -0.2) is 48.1 Å². The van der Waals surface area contributed by atoms with Crippen molar-refractivity contribution < 1.29 is 14.3 Å². The molecule has 0 aliphatic carbocycles. The summed E-state index contributed by atoms with van der Waals surface area (Å²) in [5.41, 5.74) is 1.86. The van der Waals surface area contributed by atoms with Gasteiger partial charge in [-0.05, 0) is 40.6 Å². The van der Waals surface area contributed by atoms with Gasteiger partial charge >= 0.3 is 0 Å². The third kappa shape index (κ3) is 4.15. The lowest BCUT2D eigenvalue weighted by molar-refractivity contribution is -0.133. The molecule has 154 valence electrons. The zero-order chi connectivity index (χ0) is 21.1. The summed E-state index contributed by atoms with van der Waals surface area (Å²) < 4.78 is 5.25. The summed E-state index contributed by atoms with van der Waals surface area (Å²) in [7, 11) is 3.27. The molecule has 3 heterocycles. The van der Waals surface area contributed by atoms with Crippen LogP contribution in [0.25, 0.3) is 0 Å². The van der Waals surface area contributed by atoms with Crippen molar-refractivity contribution in [1.82, 2.24) is 9.91 Å². The molecule has 1 aliphatic heterocycles. The van der Waals surface area contributed by atoms with Gasteiger partial charge in [0, 0.05) is 13.5 Å². The Morgan fingerprint density at radius 3 is 2.50 bits per heavy atom. The highest BCUT2D eigenvalue weighted by Gasteiger charge is 2.34. The first-order valence-electron chi connectivity index (χ1n) is 9.43. The second kappa shape index (κ2) is 8.81. The molecule has 2 amide bonds. The molecule has 4 rings (SSSR count). The van der Waals surface area contributed by atoms with Gasteiger partial charge in [-0.1, -0.05) is 24.3 Å². The van der Waals surface area contributed by atoms with Crippen molar-refractivity contribution in [3.05, 3.63) is 74.6 Å². The third-order valence-electron chi connectivity index (χ3n) is 4.92. The first kappa shape index (κ1) is 20.3. The molecule has 0 unspecified atom stereocenters. The number of methoxy groups -OCH3 is 1. The van der Waals surface area contributed by atoms with E-state index in [1.165, 1.54) is 21.2 Å². The first-order valence-corrected chi connectivity index (χ1v) is 11.2. The maximum atomic E-state index is 13.2. The van der Waals surface area contributed by atoms with Gasteiger partial charge in [-0.2, -0.15) is 5.10 Å². The zero-order valence-electron chi connectivity index (χ0n) is 16.6. The molecular weight excluding hydrogens is 418 g/mol. The van der Waals surface area contributed by atoms with Gasteiger partial charge in [-0.25, -0.2) is 5.01 Å². The second-order valence-electron chi connectivity index (χ2n) is 6.89. The first-order chi connectivity index (χ1) is 14.6. The smallest absolute Gasteiger partial charge is 0.264 e. The van der Waals surface area contributed by atoms with Gasteiger partial charge in [0.05, 0.1) is 28.6 Å². The van der Waals surface area contributed by atoms with Gasteiger partial charge in [-0.15, -0.1) is 22.7 Å². The largest absolute Gasteiger partial charge is 0.497 e. The Labute approximate surface area is 183 Å². The van der Waals surface area contributed by atoms with Crippen molar-refractivity contribution in [1.29, 1.82) is 0 Å². The van der Waals surface area contributed by atoms with Gasteiger partial charge in [0.2, 0.25) is 0 Å². The minimum Gasteiger partial charge on any atom is -0.497 e. The van der Waals surface area contributed by atoms with Crippen LogP contribution in [0, 0.1) is 0 Å². The zero-order valence-corrected chi connectivity index (χ0v) is 18.3. The number of benzene rings is 1. The summed E-state index contributed by atoms with van der Waals surface area (Å²) in [5, 5.41) is 10.0. The molecule has 0 N–H and O–H groups in total. The maximum Gasteiger partial charge on any atom is 0.264 e. The summed E-state index contributed by atoms with van der Waals surface area (Å²) in [4.78, 5) is 28.8. The van der Waals surface area contributed by atoms with E-state index in [2.05, 4.69) is 5.10 Å². The number of likely N-dealkylation sites (N-methyl/N-ethyl adjacent to an activating group) is 1. The fourth-order valence-corrected chi connectivity index (χ4v) is 4.79. The Balaban J connectivity index is 1.57. The lowest BCUT2D eigenvalue weighted by Crippen LogP contribution is -2.39. The van der Waals surface area contributed by atoms with Crippen LogP contribution in [0.2, 0.25) is 0 Å². The number of amides is 2. The fraction of sp³-hybridized carbons (Fsp3) is 0.227. The number of hydrogen-bond acceptors (Lipinski definition) is 6. The van der Waals surface area contributed by atoms with Gasteiger partial charge in [0.25, 0.3) is 11.8 Å². The van der Waals surface area contributed by atoms with E-state index < -0.39 is 0 Å². The van der Waals surface area contributed by atoms with Gasteiger partial charge in [0.1, 0.15) is 12.3 Å². The van der Waals surface area contributed by atoms with E-state index in [9.17, 15) is 9.59 Å². The predicted octanol–water partition coefficient (Wildman–Crippen LogP) is 4.27. The highest BCUT2D eigenvalue weighted by molar-refractivity contribution is 7.12. The second-order valence-corrected chi connectivity index (χ2v) is 8.79. The monoisotopic (exact) mass is 439 g/mol. The molecule has 3 aromatic rings. The molecule has 0 saturated heterocycles. The number of nitrogens with zero attached hydrogens (tertiary/aromatic N) is 3. The van der Waals surface area contributed by atoms with Gasteiger partial charge in [0.15, 0.2) is 0 Å². The number of carbonyl (C=O) groups is 2. The van der Waals surface area contributed by atoms with Crippen molar-refractivity contribution >= 4 is 40.2 Å². The molecule has 0 fully saturated rings. The van der Waals surface area contributed by atoms with Crippen molar-refractivity contribution in [3.63, 3.8) is 0 Å². The Morgan fingerprint density at radius 2 is 1.87 bits per heavy atom. The third-order valence-corrected chi connectivity index (χ3v) is 6.70. The lowest BCUT2D eigenvalue weighted by atomic mass is 10.0. The van der Waals surface area contributed by atoms with Gasteiger partial charge in [-0.3, -0.25) is 9.59 Å². The number of thiophene rings is 2. The summed E-state index contributed by atoms with van der Waals surface area (Å²) in [6.45, 7) is -0.0371. The Hall–Kier alpha value is -2.97. The van der Waals surface area contributed by atoms with E-state index in [0.717, 1.165) is 21.9 Å². The van der Waals surface area contributed by atoms with Crippen LogP contribution < -0.4 is 4.74 Å². The number of hydrogen-bond donors (Lipinski definition) is 0. The van der Waals surface area contributed by atoms with E-state index in [1.807, 2.05) is 53.2 Å². The SMILES string of the molecule is COc1ccc([C@H]2CC(c3cccs3)=NN2C(=O)CN(C)C(=O)c2cccs2)cc1. The molecule has 1 aliphatic rings. The van der Waals surface area contributed by atoms with Crippen LogP contribution in [0.3, 0.4) is 0 Å². The van der Waals surface area contributed by atoms with Crippen LogP contribution in [0.15, 0.2) is 64.4 Å². The lowest BCUT2D eigenvalue weighted by Gasteiger charge is -2.24. The summed E-state index contributed by atoms with van der Waals surface area (Å²) in [6.07, 6.45) is 0.626. The molecule has 1 aromatic carbocycles. The number of carbonyl (C=O) groups excluding carboxylic acids is 2. The highest BCUT2D eigenvalue weighted by atomic mass is 32.1. The van der Waals surface area contributed by atoms with Crippen LogP contribution in [0.5, 0.6) is 5.75 Å². The van der Waals surface area contributed by atoms with E-state index in [4.69, 9.17) is 4.74 Å². The van der Waals surface area contributed by atoms with E-state index in [0.29, 0.717) is 11.3 Å². The summed E-state index contributed by atoms with van der Waals surface area (Å²) >= 11 is 2.97. The van der Waals surface area contributed by atoms with E-state index >= 15 is 0 Å². The maximum absolute atomic E-state index is 13.2. The van der Waals surface area contributed by atoms with Crippen molar-refractivity contribution in [2.75, 3.05) is 20.7 Å². The Kier molecular flexibility index (Phi) is 5.96. The molecule has 8 heteroatoms. The molecule has 0 saturated carbocycles. The number of ether oxygens (including phenoxy) is 1. The minimum absolute atomic E-state index is 0.0371. The molecule has 1 atom stereocenters. The average molecular weight is 440 g/mol. The standard InChI is InChI=1S/C22H21N3O3S2/c1-24(22(27)20-6-4-12-30-20)14-21(26)25-18(15-7-9-16(28-2)10-8-15)13-17(23-25)19-5-3-11-29-19/h3-12,18H,13-14H2,1-2H3/t18-/m1/s1. The molecule has 6 nitrogen and oxygen atoms in total. The van der Waals surface area contributed by atoms with Crippen LogP contribution in [0.4, 0.5) is 0 Å². The minimum atomic E-state index is -0.217. The number of hydrazone groups is 1. The van der Waals surface area contributed by atoms with Crippen molar-refractivity contribution in [2.24, 2.45) is 5.10 Å². The molecule has 0 radical (unpaired) electrons. The van der Waals surface area contributed by atoms with Crippen molar-refractivity contribution in [2.45, 2.75) is 12.5 Å². The van der Waals surface area contributed by atoms with E-state index in [1.54, 1.807) is 31.6 Å². The Morgan fingerprint density at radius 1 is 1.13 bits per heavy atom. The fourth-order valence-electron chi connectivity index (χ4n) is 3.35. The van der Waals surface area contributed by atoms with Crippen LogP contribution >= 0.6 is 22.7 Å². The average Bonchev–Trinajstić information content (AvgIpc) is 3.54. The molecule has 0 bridgehead atoms. The van der Waals surface area contributed by atoms with Crippen LogP contribution in [-0.2, 0) is 4.79 Å². The molecule has 0 spiro atoms. The van der Waals surface area contributed by atoms with E-state index in [-0.39, 0.29) is 24.4 Å². The summed E-state index contributed by atoms with van der Waals surface area (Å²) in [6, 6.07) is 15.0. The quantitative estimate of drug-likeness (QED) is 0.576. The molecule has 2 aromatic heterocycles. The number of rotatable bonds is 6. The van der Waals surface area contributed by atoms with Crippen molar-refractivity contribution in [3.8, 4) is 5.75 Å². The Bertz CT molecular complexity index is 1040. The highest BCUT2D eigenvalue weighted by Crippen LogP contribution is 2.34. The molecule has 30 heavy (non-hydrogen) atoms.